The average molecular weight is 264 g/mol. The van der Waals surface area contributed by atoms with Crippen LogP contribution >= 0.6 is 0 Å². The Hall–Kier alpha value is -1.78. The minimum atomic E-state index is -0.557. The third-order valence-electron chi connectivity index (χ3n) is 3.41. The molecule has 1 fully saturated rings. The molecule has 0 N–H and O–H groups in total. The van der Waals surface area contributed by atoms with Crippen molar-refractivity contribution >= 4 is 5.69 Å². The highest BCUT2D eigenvalue weighted by atomic mass is 19.1. The van der Waals surface area contributed by atoms with Gasteiger partial charge in [0, 0.05) is 4.91 Å². The van der Waals surface area contributed by atoms with Crippen molar-refractivity contribution in [1.82, 2.24) is 4.90 Å². The van der Waals surface area contributed by atoms with Gasteiger partial charge in [0.25, 0.3) is 0 Å². The van der Waals surface area contributed by atoms with Crippen molar-refractivity contribution in [3.8, 4) is 5.75 Å². The van der Waals surface area contributed by atoms with Gasteiger partial charge < -0.3 is 9.64 Å². The van der Waals surface area contributed by atoms with Gasteiger partial charge in [-0.05, 0) is 56.6 Å². The van der Waals surface area contributed by atoms with Crippen LogP contribution in [0.15, 0.2) is 23.3 Å². The second kappa shape index (κ2) is 6.41. The predicted molar refractivity (Wildman–Crippen MR) is 70.9 cm³/mol. The molecule has 0 atom stereocenters. The fourth-order valence-corrected chi connectivity index (χ4v) is 2.19. The molecule has 2 rings (SSSR count). The van der Waals surface area contributed by atoms with E-state index in [1.807, 2.05) is 0 Å². The van der Waals surface area contributed by atoms with Crippen molar-refractivity contribution < 1.29 is 9.13 Å². The number of hydrogen-bond donors (Lipinski definition) is 0. The van der Waals surface area contributed by atoms with Gasteiger partial charge in [-0.15, -0.1) is 0 Å². The van der Waals surface area contributed by atoms with Gasteiger partial charge in [0.2, 0.25) is 0 Å². The van der Waals surface area contributed by atoms with E-state index in [0.717, 1.165) is 25.9 Å². The smallest absolute Gasteiger partial charge is 0.136 e. The number of nitrogens with zero attached hydrogens (tertiary/aromatic N) is 4. The Labute approximate surface area is 111 Å². The summed E-state index contributed by atoms with van der Waals surface area (Å²) in [6.45, 7) is 2.64. The monoisotopic (exact) mass is 264 g/mol. The molecule has 0 radical (unpaired) electrons. The van der Waals surface area contributed by atoms with E-state index in [4.69, 9.17) is 10.3 Å². The molecule has 1 heterocycles. The van der Waals surface area contributed by atoms with Crippen LogP contribution < -0.4 is 4.74 Å². The minimum Gasteiger partial charge on any atom is -0.493 e. The largest absolute Gasteiger partial charge is 0.493 e. The predicted octanol–water partition coefficient (Wildman–Crippen LogP) is 3.49. The Morgan fingerprint density at radius 2 is 2.21 bits per heavy atom. The Morgan fingerprint density at radius 1 is 1.47 bits per heavy atom. The van der Waals surface area contributed by atoms with Crippen molar-refractivity contribution in [1.29, 1.82) is 0 Å². The lowest BCUT2D eigenvalue weighted by Gasteiger charge is -2.28. The molecule has 0 unspecified atom stereocenters. The number of rotatable bonds is 4. The first-order valence-electron chi connectivity index (χ1n) is 6.35. The normalized spacial score (nSPS) is 16.9. The molecule has 0 spiro atoms. The van der Waals surface area contributed by atoms with E-state index in [0.29, 0.717) is 18.3 Å². The molecular weight excluding hydrogens is 247 g/mol. The second-order valence-corrected chi connectivity index (χ2v) is 4.83. The fraction of sp³-hybridized carbons (Fsp3) is 0.538. The topological polar surface area (TPSA) is 61.2 Å². The van der Waals surface area contributed by atoms with Crippen LogP contribution in [0.3, 0.4) is 0 Å². The molecule has 19 heavy (non-hydrogen) atoms. The first-order valence-corrected chi connectivity index (χ1v) is 6.35. The summed E-state index contributed by atoms with van der Waals surface area (Å²) in [5, 5.41) is 3.35. The lowest BCUT2D eigenvalue weighted by atomic mass is 9.98. The molecule has 0 aliphatic carbocycles. The molecule has 0 saturated carbocycles. The zero-order valence-electron chi connectivity index (χ0n) is 10.9. The van der Waals surface area contributed by atoms with Gasteiger partial charge in [0.15, 0.2) is 0 Å². The standard InChI is InChI=1S/C13H17FN4O/c1-18-7-5-10(6-8-18)9-19-12-4-2-3-11(14)13(12)16-17-15/h2-4,10H,5-9H2,1H3. The molecule has 0 aromatic heterocycles. The first-order chi connectivity index (χ1) is 9.20. The number of halogens is 1. The third kappa shape index (κ3) is 3.59. The van der Waals surface area contributed by atoms with E-state index in [-0.39, 0.29) is 5.69 Å². The van der Waals surface area contributed by atoms with E-state index in [1.165, 1.54) is 6.07 Å². The maximum absolute atomic E-state index is 13.5. The summed E-state index contributed by atoms with van der Waals surface area (Å²) in [6.07, 6.45) is 2.14. The van der Waals surface area contributed by atoms with Crippen LogP contribution in [0.5, 0.6) is 5.75 Å². The lowest BCUT2D eigenvalue weighted by molar-refractivity contribution is 0.160. The van der Waals surface area contributed by atoms with Crippen molar-refractivity contribution in [3.05, 3.63) is 34.5 Å². The van der Waals surface area contributed by atoms with Crippen LogP contribution in [0.4, 0.5) is 10.1 Å². The maximum Gasteiger partial charge on any atom is 0.136 e. The van der Waals surface area contributed by atoms with Crippen molar-refractivity contribution in [3.63, 3.8) is 0 Å². The van der Waals surface area contributed by atoms with Gasteiger partial charge in [-0.1, -0.05) is 11.2 Å². The van der Waals surface area contributed by atoms with Gasteiger partial charge in [-0.2, -0.15) is 0 Å². The molecular formula is C13H17FN4O. The van der Waals surface area contributed by atoms with Gasteiger partial charge in [-0.25, -0.2) is 4.39 Å². The van der Waals surface area contributed by atoms with Crippen LogP contribution in [0.25, 0.3) is 10.4 Å². The molecule has 5 nitrogen and oxygen atoms in total. The molecule has 102 valence electrons. The van der Waals surface area contributed by atoms with Gasteiger partial charge in [0.05, 0.1) is 6.61 Å². The number of piperidine rings is 1. The number of ether oxygens (including phenoxy) is 1. The molecule has 1 aliphatic heterocycles. The highest BCUT2D eigenvalue weighted by molar-refractivity contribution is 5.52. The van der Waals surface area contributed by atoms with E-state index in [1.54, 1.807) is 12.1 Å². The van der Waals surface area contributed by atoms with Crippen LogP contribution in [0.1, 0.15) is 12.8 Å². The zero-order valence-corrected chi connectivity index (χ0v) is 10.9. The molecule has 1 aromatic carbocycles. The van der Waals surface area contributed by atoms with E-state index in [9.17, 15) is 4.39 Å². The Bertz CT molecular complexity index is 480. The van der Waals surface area contributed by atoms with Gasteiger partial charge in [0.1, 0.15) is 17.3 Å². The van der Waals surface area contributed by atoms with E-state index < -0.39 is 5.82 Å². The summed E-state index contributed by atoms with van der Waals surface area (Å²) in [5.41, 5.74) is 8.39. The average Bonchev–Trinajstić information content (AvgIpc) is 2.41. The number of azide groups is 1. The molecule has 1 saturated heterocycles. The summed E-state index contributed by atoms with van der Waals surface area (Å²) in [4.78, 5) is 4.91. The number of benzene rings is 1. The third-order valence-corrected chi connectivity index (χ3v) is 3.41. The highest BCUT2D eigenvalue weighted by Crippen LogP contribution is 2.31. The SMILES string of the molecule is CN1CCC(COc2cccc(F)c2N=[N+]=[N-])CC1. The first kappa shape index (κ1) is 13.6. The van der Waals surface area contributed by atoms with Crippen LogP contribution in [-0.4, -0.2) is 31.6 Å². The number of likely N-dealkylation sites (tertiary alicyclic amines) is 1. The molecule has 0 bridgehead atoms. The van der Waals surface area contributed by atoms with Gasteiger partial charge >= 0.3 is 0 Å². The lowest BCUT2D eigenvalue weighted by Crippen LogP contribution is -2.32. The summed E-state index contributed by atoms with van der Waals surface area (Å²) in [5.74, 6) is 0.230. The minimum absolute atomic E-state index is 0.0575. The number of hydrogen-bond acceptors (Lipinski definition) is 3. The summed E-state index contributed by atoms with van der Waals surface area (Å²) >= 11 is 0. The van der Waals surface area contributed by atoms with Crippen molar-refractivity contribution in [2.75, 3.05) is 26.7 Å². The van der Waals surface area contributed by atoms with Crippen molar-refractivity contribution in [2.24, 2.45) is 11.0 Å². The Morgan fingerprint density at radius 3 is 2.89 bits per heavy atom. The van der Waals surface area contributed by atoms with Gasteiger partial charge in [-0.3, -0.25) is 0 Å². The zero-order chi connectivity index (χ0) is 13.7. The second-order valence-electron chi connectivity index (χ2n) is 4.83. The molecule has 1 aromatic rings. The van der Waals surface area contributed by atoms with Crippen LogP contribution in [0.2, 0.25) is 0 Å². The summed E-state index contributed by atoms with van der Waals surface area (Å²) in [6, 6.07) is 4.43. The Kier molecular flexibility index (Phi) is 4.60. The molecule has 1 aliphatic rings. The molecule has 6 heteroatoms. The van der Waals surface area contributed by atoms with Crippen molar-refractivity contribution in [2.45, 2.75) is 12.8 Å². The maximum atomic E-state index is 13.5. The van der Waals surface area contributed by atoms with Crippen LogP contribution in [-0.2, 0) is 0 Å². The summed E-state index contributed by atoms with van der Waals surface area (Å²) < 4.78 is 19.1. The quantitative estimate of drug-likeness (QED) is 0.474. The Balaban J connectivity index is 1.99. The van der Waals surface area contributed by atoms with E-state index >= 15 is 0 Å². The fourth-order valence-electron chi connectivity index (χ4n) is 2.19. The van der Waals surface area contributed by atoms with Crippen LogP contribution in [0, 0.1) is 11.7 Å². The molecule has 0 amide bonds. The summed E-state index contributed by atoms with van der Waals surface area (Å²) in [7, 11) is 2.10. The van der Waals surface area contributed by atoms with E-state index in [2.05, 4.69) is 22.0 Å². The highest BCUT2D eigenvalue weighted by Gasteiger charge is 2.18.